The van der Waals surface area contributed by atoms with Crippen LogP contribution in [0.2, 0.25) is 0 Å². The molecular formula is C33H29N3S. The van der Waals surface area contributed by atoms with Crippen LogP contribution in [0.1, 0.15) is 45.2 Å². The van der Waals surface area contributed by atoms with E-state index in [0.29, 0.717) is 11.8 Å². The number of pyridine rings is 1. The number of hydrogen-bond acceptors (Lipinski definition) is 4. The third-order valence-corrected chi connectivity index (χ3v) is 9.02. The summed E-state index contributed by atoms with van der Waals surface area (Å²) in [5.41, 5.74) is 8.88. The molecule has 0 radical (unpaired) electrons. The molecule has 0 bridgehead atoms. The van der Waals surface area contributed by atoms with Crippen LogP contribution < -0.4 is 0 Å². The van der Waals surface area contributed by atoms with Gasteiger partial charge in [-0.3, -0.25) is 15.0 Å². The molecule has 0 atom stereocenters. The van der Waals surface area contributed by atoms with E-state index >= 15 is 0 Å². The number of benzene rings is 3. The molecule has 2 aliphatic rings. The second-order valence-corrected chi connectivity index (χ2v) is 12.0. The smallest absolute Gasteiger partial charge is 0.0765 e. The molecule has 0 unspecified atom stereocenters. The second kappa shape index (κ2) is 8.46. The number of aromatic nitrogens is 1. The van der Waals surface area contributed by atoms with Crippen LogP contribution in [0.5, 0.6) is 0 Å². The largest absolute Gasteiger partial charge is 0.265 e. The highest BCUT2D eigenvalue weighted by molar-refractivity contribution is 7.22. The summed E-state index contributed by atoms with van der Waals surface area (Å²) in [7, 11) is 0. The summed E-state index contributed by atoms with van der Waals surface area (Å²) in [5, 5.41) is 6.30. The first-order chi connectivity index (χ1) is 18.0. The summed E-state index contributed by atoms with van der Waals surface area (Å²) in [6, 6.07) is 18.3. The lowest BCUT2D eigenvalue weighted by Crippen LogP contribution is -2.06. The van der Waals surface area contributed by atoms with Gasteiger partial charge < -0.3 is 0 Å². The number of thiophene rings is 1. The van der Waals surface area contributed by atoms with Crippen molar-refractivity contribution in [3.8, 4) is 10.4 Å². The molecule has 0 saturated heterocycles. The Morgan fingerprint density at radius 3 is 2.41 bits per heavy atom. The van der Waals surface area contributed by atoms with Crippen molar-refractivity contribution in [2.45, 2.75) is 40.5 Å². The minimum absolute atomic E-state index is 0.445. The number of allylic oxidation sites excluding steroid dienone is 1. The molecule has 4 heterocycles. The van der Waals surface area contributed by atoms with Gasteiger partial charge in [0, 0.05) is 57.8 Å². The maximum atomic E-state index is 5.06. The van der Waals surface area contributed by atoms with Gasteiger partial charge in [0.05, 0.1) is 5.69 Å². The summed E-state index contributed by atoms with van der Waals surface area (Å²) in [5.74, 6) is 0.941. The topological polar surface area (TPSA) is 37.6 Å². The van der Waals surface area contributed by atoms with Gasteiger partial charge in [-0.05, 0) is 79.9 Å². The zero-order valence-electron chi connectivity index (χ0n) is 21.7. The van der Waals surface area contributed by atoms with E-state index in [-0.39, 0.29) is 0 Å². The van der Waals surface area contributed by atoms with Gasteiger partial charge in [-0.2, -0.15) is 0 Å². The number of rotatable bonds is 4. The molecule has 0 N–H and O–H groups in total. The minimum Gasteiger partial charge on any atom is -0.265 e. The highest BCUT2D eigenvalue weighted by Gasteiger charge is 2.23. The van der Waals surface area contributed by atoms with Gasteiger partial charge in [0.1, 0.15) is 0 Å². The standard InChI is InChI=1S/C33H29N3S/c1-18(2)29-12-23(16-35-29)20-5-6-22-14-32(37-31(22)13-20)21-7-8-24-26(11-21)25-9-10-34-17-28(25)33-27(24)15-30(36-33)19(3)4/h5-11,13-14,16-19H,12,15H2,1-4H3. The van der Waals surface area contributed by atoms with Crippen molar-refractivity contribution in [3.05, 3.63) is 78.3 Å². The fourth-order valence-electron chi connectivity index (χ4n) is 5.65. The summed E-state index contributed by atoms with van der Waals surface area (Å²) >= 11 is 1.87. The minimum atomic E-state index is 0.445. The predicted octanol–water partition coefficient (Wildman–Crippen LogP) is 9.40. The quantitative estimate of drug-likeness (QED) is 0.227. The molecule has 2 aromatic heterocycles. The van der Waals surface area contributed by atoms with Gasteiger partial charge in [0.25, 0.3) is 0 Å². The molecule has 4 heteroatoms. The lowest BCUT2D eigenvalue weighted by Gasteiger charge is -2.11. The zero-order chi connectivity index (χ0) is 25.3. The lowest BCUT2D eigenvalue weighted by atomic mass is 9.92. The van der Waals surface area contributed by atoms with E-state index in [4.69, 9.17) is 4.99 Å². The number of hydrogen-bond donors (Lipinski definition) is 0. The van der Waals surface area contributed by atoms with Crippen LogP contribution in [0.25, 0.3) is 47.6 Å². The van der Waals surface area contributed by atoms with Crippen LogP contribution in [-0.4, -0.2) is 16.4 Å². The predicted molar refractivity (Wildman–Crippen MR) is 161 cm³/mol. The Hall–Kier alpha value is -3.63. The Kier molecular flexibility index (Phi) is 5.16. The summed E-state index contributed by atoms with van der Waals surface area (Å²) in [4.78, 5) is 15.5. The molecule has 0 spiro atoms. The Bertz CT molecular complexity index is 1830. The summed E-state index contributed by atoms with van der Waals surface area (Å²) in [6.07, 6.45) is 7.83. The first-order valence-corrected chi connectivity index (χ1v) is 14.0. The average Bonchev–Trinajstić information content (AvgIpc) is 3.66. The van der Waals surface area contributed by atoms with E-state index in [1.54, 1.807) is 0 Å². The van der Waals surface area contributed by atoms with Crippen molar-refractivity contribution < 1.29 is 0 Å². The molecule has 3 nitrogen and oxygen atoms in total. The highest BCUT2D eigenvalue weighted by Crippen LogP contribution is 2.44. The molecule has 0 aliphatic carbocycles. The maximum Gasteiger partial charge on any atom is 0.0765 e. The Balaban J connectivity index is 1.31. The van der Waals surface area contributed by atoms with E-state index in [0.717, 1.165) is 23.9 Å². The van der Waals surface area contributed by atoms with E-state index in [1.807, 2.05) is 23.7 Å². The van der Waals surface area contributed by atoms with Crippen molar-refractivity contribution in [3.63, 3.8) is 0 Å². The summed E-state index contributed by atoms with van der Waals surface area (Å²) in [6.45, 7) is 8.91. The van der Waals surface area contributed by atoms with Crippen LogP contribution in [0.15, 0.2) is 77.1 Å². The van der Waals surface area contributed by atoms with Crippen LogP contribution in [0.4, 0.5) is 5.69 Å². The van der Waals surface area contributed by atoms with E-state index in [2.05, 4.69) is 92.4 Å². The third kappa shape index (κ3) is 3.66. The van der Waals surface area contributed by atoms with Gasteiger partial charge in [-0.15, -0.1) is 11.3 Å². The van der Waals surface area contributed by atoms with Crippen LogP contribution in [0.3, 0.4) is 0 Å². The van der Waals surface area contributed by atoms with Gasteiger partial charge in [0.15, 0.2) is 0 Å². The van der Waals surface area contributed by atoms with Crippen molar-refractivity contribution in [2.75, 3.05) is 0 Å². The zero-order valence-corrected chi connectivity index (χ0v) is 22.5. The van der Waals surface area contributed by atoms with E-state index in [9.17, 15) is 0 Å². The molecule has 0 amide bonds. The van der Waals surface area contributed by atoms with Gasteiger partial charge >= 0.3 is 0 Å². The Morgan fingerprint density at radius 1 is 0.757 bits per heavy atom. The maximum absolute atomic E-state index is 5.06. The molecule has 182 valence electrons. The normalized spacial score (nSPS) is 15.2. The monoisotopic (exact) mass is 499 g/mol. The van der Waals surface area contributed by atoms with Crippen molar-refractivity contribution >= 4 is 65.7 Å². The van der Waals surface area contributed by atoms with Crippen molar-refractivity contribution in [1.82, 2.24) is 4.98 Å². The van der Waals surface area contributed by atoms with Crippen molar-refractivity contribution in [2.24, 2.45) is 21.8 Å². The number of nitrogens with zero attached hydrogens (tertiary/aromatic N) is 3. The number of aliphatic imine (C=N–C) groups is 2. The van der Waals surface area contributed by atoms with E-state index in [1.165, 1.54) is 64.8 Å². The molecular weight excluding hydrogens is 470 g/mol. The van der Waals surface area contributed by atoms with Crippen LogP contribution in [-0.2, 0) is 6.42 Å². The first-order valence-electron chi connectivity index (χ1n) is 13.2. The third-order valence-electron chi connectivity index (χ3n) is 7.88. The van der Waals surface area contributed by atoms with Crippen molar-refractivity contribution in [1.29, 1.82) is 0 Å². The molecule has 7 rings (SSSR count). The summed E-state index contributed by atoms with van der Waals surface area (Å²) < 4.78 is 1.32. The number of fused-ring (bicyclic) bond motifs is 7. The van der Waals surface area contributed by atoms with Gasteiger partial charge in [-0.25, -0.2) is 0 Å². The fourth-order valence-corrected chi connectivity index (χ4v) is 6.74. The van der Waals surface area contributed by atoms with Crippen LogP contribution in [0, 0.1) is 11.8 Å². The molecule has 3 aromatic carbocycles. The fraction of sp³-hybridized carbons (Fsp3) is 0.242. The van der Waals surface area contributed by atoms with Gasteiger partial charge in [-0.1, -0.05) is 52.0 Å². The second-order valence-electron chi connectivity index (χ2n) is 10.9. The molecule has 2 aliphatic heterocycles. The van der Waals surface area contributed by atoms with Gasteiger partial charge in [0.2, 0.25) is 0 Å². The molecule has 0 saturated carbocycles. The van der Waals surface area contributed by atoms with Crippen LogP contribution >= 0.6 is 11.3 Å². The first kappa shape index (κ1) is 22.6. The SMILES string of the molecule is CC(C)C1=NC=C(c2ccc3cc(-c4ccc5c6c(c7cnccc7c5c4)N=C(C(C)C)C6)sc3c2)C1. The molecule has 37 heavy (non-hydrogen) atoms. The highest BCUT2D eigenvalue weighted by atomic mass is 32.1. The Morgan fingerprint density at radius 2 is 1.59 bits per heavy atom. The van der Waals surface area contributed by atoms with E-state index < -0.39 is 0 Å². The molecule has 5 aromatic rings. The Labute approximate surface area is 221 Å². The average molecular weight is 500 g/mol. The molecule has 0 fully saturated rings. The lowest BCUT2D eigenvalue weighted by molar-refractivity contribution is 0.872.